The Bertz CT molecular complexity index is 805. The van der Waals surface area contributed by atoms with Gasteiger partial charge in [0.25, 0.3) is 5.91 Å². The molecule has 0 aromatic heterocycles. The van der Waals surface area contributed by atoms with Gasteiger partial charge in [0.2, 0.25) is 0 Å². The molecule has 0 saturated carbocycles. The van der Waals surface area contributed by atoms with Gasteiger partial charge in [0.05, 0.1) is 11.1 Å². The van der Waals surface area contributed by atoms with Crippen LogP contribution >= 0.6 is 0 Å². The van der Waals surface area contributed by atoms with Gasteiger partial charge in [-0.15, -0.1) is 13.2 Å². The maximum atomic E-state index is 12.1. The molecule has 0 aliphatic carbocycles. The zero-order valence-corrected chi connectivity index (χ0v) is 13.2. The predicted octanol–water partition coefficient (Wildman–Crippen LogP) is 2.32. The zero-order valence-electron chi connectivity index (χ0n) is 13.2. The lowest BCUT2D eigenvalue weighted by atomic mass is 9.97. The third kappa shape index (κ3) is 3.28. The first-order chi connectivity index (χ1) is 11.5. The Labute approximate surface area is 139 Å². The quantitative estimate of drug-likeness (QED) is 0.314. The Morgan fingerprint density at radius 3 is 2.33 bits per heavy atom. The van der Waals surface area contributed by atoms with E-state index in [-0.39, 0.29) is 11.1 Å². The van der Waals surface area contributed by atoms with E-state index in [1.165, 1.54) is 6.07 Å². The van der Waals surface area contributed by atoms with Crippen LogP contribution in [-0.4, -0.2) is 30.1 Å². The molecule has 2 aromatic carbocycles. The van der Waals surface area contributed by atoms with Crippen molar-refractivity contribution in [3.8, 4) is 0 Å². The topological polar surface area (TPSA) is 95.7 Å². The molecule has 0 fully saturated rings. The van der Waals surface area contributed by atoms with Gasteiger partial charge < -0.3 is 10.0 Å². The van der Waals surface area contributed by atoms with Crippen molar-refractivity contribution in [2.75, 3.05) is 18.0 Å². The normalized spacial score (nSPS) is 10.2. The summed E-state index contributed by atoms with van der Waals surface area (Å²) < 4.78 is 0. The fraction of sp³-hybridized carbons (Fsp3) is 0.111. The van der Waals surface area contributed by atoms with Crippen molar-refractivity contribution in [3.05, 3.63) is 66.8 Å². The molecule has 0 heterocycles. The molecule has 0 radical (unpaired) electrons. The highest BCUT2D eigenvalue weighted by atomic mass is 16.4. The van der Waals surface area contributed by atoms with E-state index in [0.717, 1.165) is 11.1 Å². The van der Waals surface area contributed by atoms with Crippen LogP contribution in [-0.2, 0) is 0 Å². The van der Waals surface area contributed by atoms with Gasteiger partial charge in [0.15, 0.2) is 0 Å². The van der Waals surface area contributed by atoms with Crippen molar-refractivity contribution < 1.29 is 14.7 Å². The number of carboxylic acids is 1. The highest BCUT2D eigenvalue weighted by Gasteiger charge is 2.20. The molecule has 124 valence electrons. The van der Waals surface area contributed by atoms with E-state index < -0.39 is 11.9 Å². The predicted molar refractivity (Wildman–Crippen MR) is 95.2 cm³/mol. The van der Waals surface area contributed by atoms with E-state index in [9.17, 15) is 14.7 Å². The molecule has 0 unspecified atom stereocenters. The van der Waals surface area contributed by atoms with Crippen molar-refractivity contribution in [2.24, 2.45) is 5.84 Å². The number of nitrogens with zero attached hydrogens (tertiary/aromatic N) is 1. The van der Waals surface area contributed by atoms with Gasteiger partial charge in [0, 0.05) is 18.8 Å². The Morgan fingerprint density at radius 2 is 1.79 bits per heavy atom. The lowest BCUT2D eigenvalue weighted by Crippen LogP contribution is -2.31. The van der Waals surface area contributed by atoms with Crippen LogP contribution in [0.4, 0.5) is 5.69 Å². The fourth-order valence-electron chi connectivity index (χ4n) is 2.60. The van der Waals surface area contributed by atoms with Crippen LogP contribution in [0.5, 0.6) is 0 Å². The Hall–Kier alpha value is -3.12. The standard InChI is InChI=1S/C18H19N3O3/c1-3-9-21(10-4-2)13-7-5-12-6-8-14(18(23)24)16(15(12)11-13)17(22)20-19/h3-8,11H,1-2,9-10,19H2,(H,20,22)(H,23,24). The number of fused-ring (bicyclic) bond motifs is 1. The molecule has 2 rings (SSSR count). The number of hydrogen-bond donors (Lipinski definition) is 3. The number of aromatic carboxylic acids is 1. The van der Waals surface area contributed by atoms with Gasteiger partial charge >= 0.3 is 5.97 Å². The lowest BCUT2D eigenvalue weighted by molar-refractivity contribution is 0.0691. The van der Waals surface area contributed by atoms with Crippen molar-refractivity contribution in [1.29, 1.82) is 0 Å². The first-order valence-corrected chi connectivity index (χ1v) is 7.31. The number of anilines is 1. The monoisotopic (exact) mass is 325 g/mol. The Morgan fingerprint density at radius 1 is 1.17 bits per heavy atom. The van der Waals surface area contributed by atoms with Gasteiger partial charge in [0.1, 0.15) is 0 Å². The number of carbonyl (C=O) groups is 2. The summed E-state index contributed by atoms with van der Waals surface area (Å²) in [4.78, 5) is 25.6. The van der Waals surface area contributed by atoms with Crippen LogP contribution in [0.1, 0.15) is 20.7 Å². The number of carboxylic acid groups (broad SMARTS) is 1. The van der Waals surface area contributed by atoms with E-state index in [1.54, 1.807) is 24.3 Å². The molecule has 24 heavy (non-hydrogen) atoms. The van der Waals surface area contributed by atoms with Gasteiger partial charge in [-0.3, -0.25) is 10.2 Å². The number of amides is 1. The molecule has 1 amide bonds. The molecule has 0 atom stereocenters. The molecule has 0 bridgehead atoms. The van der Waals surface area contributed by atoms with E-state index >= 15 is 0 Å². The number of nitrogens with two attached hydrogens (primary N) is 1. The smallest absolute Gasteiger partial charge is 0.336 e. The number of nitrogen functional groups attached to an aromatic ring is 1. The van der Waals surface area contributed by atoms with E-state index in [2.05, 4.69) is 13.2 Å². The van der Waals surface area contributed by atoms with Crippen LogP contribution < -0.4 is 16.2 Å². The minimum atomic E-state index is -1.19. The molecule has 2 aromatic rings. The number of hydrogen-bond acceptors (Lipinski definition) is 4. The molecule has 0 saturated heterocycles. The van der Waals surface area contributed by atoms with Crippen molar-refractivity contribution in [3.63, 3.8) is 0 Å². The van der Waals surface area contributed by atoms with Crippen molar-refractivity contribution in [1.82, 2.24) is 5.43 Å². The van der Waals surface area contributed by atoms with Crippen LogP contribution in [0.25, 0.3) is 10.8 Å². The molecule has 0 aliphatic heterocycles. The van der Waals surface area contributed by atoms with Crippen LogP contribution in [0.3, 0.4) is 0 Å². The van der Waals surface area contributed by atoms with E-state index in [0.29, 0.717) is 18.5 Å². The third-order valence-corrected chi connectivity index (χ3v) is 3.66. The molecule has 0 aliphatic rings. The SMILES string of the molecule is C=CCN(CC=C)c1ccc2ccc(C(=O)O)c(C(=O)NN)c2c1. The first kappa shape index (κ1) is 17.2. The third-order valence-electron chi connectivity index (χ3n) is 3.66. The van der Waals surface area contributed by atoms with Crippen LogP contribution in [0.2, 0.25) is 0 Å². The summed E-state index contributed by atoms with van der Waals surface area (Å²) in [7, 11) is 0. The minimum Gasteiger partial charge on any atom is -0.478 e. The summed E-state index contributed by atoms with van der Waals surface area (Å²) in [5.41, 5.74) is 2.80. The molecular formula is C18H19N3O3. The number of rotatable bonds is 7. The summed E-state index contributed by atoms with van der Waals surface area (Å²) in [5.74, 6) is 3.40. The molecule has 4 N–H and O–H groups in total. The van der Waals surface area contributed by atoms with E-state index in [4.69, 9.17) is 5.84 Å². The largest absolute Gasteiger partial charge is 0.478 e. The highest BCUT2D eigenvalue weighted by molar-refractivity contribution is 6.14. The summed E-state index contributed by atoms with van der Waals surface area (Å²) in [6, 6.07) is 8.59. The number of hydrazine groups is 1. The van der Waals surface area contributed by atoms with Gasteiger partial charge in [-0.05, 0) is 29.0 Å². The summed E-state index contributed by atoms with van der Waals surface area (Å²) in [6.07, 6.45) is 3.52. The van der Waals surface area contributed by atoms with Gasteiger partial charge in [-0.2, -0.15) is 0 Å². The van der Waals surface area contributed by atoms with Gasteiger partial charge in [-0.25, -0.2) is 10.6 Å². The number of carbonyl (C=O) groups excluding carboxylic acids is 1. The average molecular weight is 325 g/mol. The Kier molecular flexibility index (Phi) is 5.34. The lowest BCUT2D eigenvalue weighted by Gasteiger charge is -2.22. The summed E-state index contributed by atoms with van der Waals surface area (Å²) >= 11 is 0. The second-order valence-corrected chi connectivity index (χ2v) is 5.15. The Balaban J connectivity index is 2.72. The van der Waals surface area contributed by atoms with Gasteiger partial charge in [-0.1, -0.05) is 24.3 Å². The van der Waals surface area contributed by atoms with Crippen LogP contribution in [0.15, 0.2) is 55.6 Å². The second kappa shape index (κ2) is 7.43. The van der Waals surface area contributed by atoms with Crippen LogP contribution in [0, 0.1) is 0 Å². The maximum absolute atomic E-state index is 12.1. The minimum absolute atomic E-state index is 0.0431. The summed E-state index contributed by atoms with van der Waals surface area (Å²) in [6.45, 7) is 8.65. The molecular weight excluding hydrogens is 306 g/mol. The fourth-order valence-corrected chi connectivity index (χ4v) is 2.60. The average Bonchev–Trinajstić information content (AvgIpc) is 2.59. The first-order valence-electron chi connectivity index (χ1n) is 7.31. The molecule has 0 spiro atoms. The number of nitrogens with one attached hydrogen (secondary N) is 1. The zero-order chi connectivity index (χ0) is 17.7. The summed E-state index contributed by atoms with van der Waals surface area (Å²) in [5, 5.41) is 10.6. The number of benzene rings is 2. The van der Waals surface area contributed by atoms with Crippen molar-refractivity contribution in [2.45, 2.75) is 0 Å². The highest BCUT2D eigenvalue weighted by Crippen LogP contribution is 2.28. The maximum Gasteiger partial charge on any atom is 0.336 e. The van der Waals surface area contributed by atoms with Crippen molar-refractivity contribution >= 4 is 28.3 Å². The molecule has 6 nitrogen and oxygen atoms in total. The van der Waals surface area contributed by atoms with E-state index in [1.807, 2.05) is 22.5 Å². The second-order valence-electron chi connectivity index (χ2n) is 5.15. The molecule has 6 heteroatoms.